The van der Waals surface area contributed by atoms with Gasteiger partial charge in [-0.05, 0) is 92.1 Å². The molecule has 4 rings (SSSR count). The van der Waals surface area contributed by atoms with E-state index in [0.29, 0.717) is 18.7 Å². The van der Waals surface area contributed by atoms with E-state index in [1.807, 2.05) is 27.7 Å². The third-order valence-corrected chi connectivity index (χ3v) is 12.3. The number of hydrogen-bond donors (Lipinski definition) is 1. The van der Waals surface area contributed by atoms with Gasteiger partial charge in [-0.15, -0.1) is 0 Å². The molecule has 196 valence electrons. The maximum Gasteiger partial charge on any atom is 0.495 e. The summed E-state index contributed by atoms with van der Waals surface area (Å²) in [6.45, 7) is 19.7. The molecule has 0 atom stereocenters. The number of hydrogen-bond acceptors (Lipinski definition) is 5. The molecular weight excluding hydrogens is 480 g/mol. The van der Waals surface area contributed by atoms with E-state index < -0.39 is 33.8 Å². The fraction of sp³-hybridized carbons (Fsp3) is 0.538. The monoisotopic (exact) mass is 518 g/mol. The Kier molecular flexibility index (Phi) is 8.31. The Balaban J connectivity index is 0.000000270. The fourth-order valence-electron chi connectivity index (χ4n) is 3.57. The van der Waals surface area contributed by atoms with Crippen LogP contribution in [0.3, 0.4) is 0 Å². The predicted molar refractivity (Wildman–Crippen MR) is 143 cm³/mol. The molecule has 1 saturated heterocycles. The van der Waals surface area contributed by atoms with Gasteiger partial charge in [-0.3, -0.25) is 0 Å². The summed E-state index contributed by atoms with van der Waals surface area (Å²) in [5.41, 5.74) is 2.19. The molecule has 1 N–H and O–H groups in total. The van der Waals surface area contributed by atoms with Crippen molar-refractivity contribution in [2.45, 2.75) is 91.0 Å². The molecule has 2 aromatic rings. The Morgan fingerprint density at radius 2 is 1.47 bits per heavy atom. The van der Waals surface area contributed by atoms with E-state index in [1.54, 1.807) is 12.1 Å². The van der Waals surface area contributed by atoms with Gasteiger partial charge in [-0.25, -0.2) is 8.78 Å². The average molecular weight is 518 g/mol. The second-order valence-electron chi connectivity index (χ2n) is 12.0. The van der Waals surface area contributed by atoms with Gasteiger partial charge in [0.15, 0.2) is 8.32 Å². The van der Waals surface area contributed by atoms with Gasteiger partial charge >= 0.3 is 14.2 Å². The summed E-state index contributed by atoms with van der Waals surface area (Å²) in [6.07, 6.45) is 0. The topological polar surface area (TPSA) is 57.2 Å². The maximum atomic E-state index is 13.9. The van der Waals surface area contributed by atoms with E-state index >= 15 is 0 Å². The summed E-state index contributed by atoms with van der Waals surface area (Å²) in [4.78, 5) is 0. The van der Waals surface area contributed by atoms with E-state index in [9.17, 15) is 8.78 Å². The van der Waals surface area contributed by atoms with Crippen molar-refractivity contribution < 1.29 is 32.2 Å². The van der Waals surface area contributed by atoms with Crippen LogP contribution in [0.2, 0.25) is 18.1 Å². The Morgan fingerprint density at radius 3 is 2.03 bits per heavy atom. The smallest absolute Gasteiger partial charge is 0.423 e. The van der Waals surface area contributed by atoms with Gasteiger partial charge in [0.1, 0.15) is 11.6 Å². The van der Waals surface area contributed by atoms with Crippen LogP contribution in [0, 0.1) is 11.6 Å². The second-order valence-corrected chi connectivity index (χ2v) is 16.8. The van der Waals surface area contributed by atoms with E-state index in [0.717, 1.165) is 16.6 Å². The van der Waals surface area contributed by atoms with Crippen LogP contribution in [-0.4, -0.2) is 38.8 Å². The lowest BCUT2D eigenvalue weighted by molar-refractivity contribution is 0.00578. The van der Waals surface area contributed by atoms with Crippen LogP contribution >= 0.6 is 0 Å². The number of benzene rings is 2. The normalized spacial score (nSPS) is 18.7. The molecule has 2 aromatic carbocycles. The first-order valence-corrected chi connectivity index (χ1v) is 15.2. The summed E-state index contributed by atoms with van der Waals surface area (Å²) in [6, 6.07) is 8.98. The highest BCUT2D eigenvalue weighted by Gasteiger charge is 2.52. The van der Waals surface area contributed by atoms with Crippen molar-refractivity contribution in [2.75, 3.05) is 0 Å². The molecule has 0 amide bonds. The molecule has 0 saturated carbocycles. The molecule has 5 nitrogen and oxygen atoms in total. The quantitative estimate of drug-likeness (QED) is 0.596. The lowest BCUT2D eigenvalue weighted by Gasteiger charge is -2.36. The molecule has 0 aliphatic carbocycles. The Labute approximate surface area is 215 Å². The van der Waals surface area contributed by atoms with Crippen molar-refractivity contribution in [1.82, 2.24) is 0 Å². The highest BCUT2D eigenvalue weighted by atomic mass is 28.4. The van der Waals surface area contributed by atoms with Gasteiger partial charge < -0.3 is 23.4 Å². The SMILES string of the molecule is CC1(C)OB(c2ccc(F)cc2CO[Si](C)(C)C(C)(C)C)OC1(C)C.OB1OCc2cc(F)ccc21. The van der Waals surface area contributed by atoms with Gasteiger partial charge in [-0.1, -0.05) is 32.9 Å². The molecule has 2 aliphatic rings. The standard InChI is InChI=1S/C19H32BFO3Si.C7H6BFO2/c1-17(2,3)25(8,9)22-13-14-12-15(21)10-11-16(14)20-23-18(4,5)19(6,7)24-20;9-6-1-2-7-5(3-6)4-11-8(7)10/h10-12H,13H2,1-9H3;1-3,10H,4H2. The predicted octanol–water partition coefficient (Wildman–Crippen LogP) is 4.69. The maximum absolute atomic E-state index is 13.9. The average Bonchev–Trinajstić information content (AvgIpc) is 3.21. The summed E-state index contributed by atoms with van der Waals surface area (Å²) >= 11 is 0. The van der Waals surface area contributed by atoms with Crippen molar-refractivity contribution in [1.29, 1.82) is 0 Å². The minimum Gasteiger partial charge on any atom is -0.423 e. The van der Waals surface area contributed by atoms with Gasteiger partial charge in [0.25, 0.3) is 0 Å². The van der Waals surface area contributed by atoms with E-state index in [-0.39, 0.29) is 16.7 Å². The molecule has 1 fully saturated rings. The molecule has 0 unspecified atom stereocenters. The van der Waals surface area contributed by atoms with Crippen molar-refractivity contribution in [3.8, 4) is 0 Å². The van der Waals surface area contributed by atoms with Gasteiger partial charge in [0, 0.05) is 0 Å². The van der Waals surface area contributed by atoms with Gasteiger partial charge in [0.2, 0.25) is 0 Å². The van der Waals surface area contributed by atoms with Crippen LogP contribution in [0.25, 0.3) is 0 Å². The van der Waals surface area contributed by atoms with Crippen LogP contribution < -0.4 is 10.9 Å². The number of halogens is 2. The molecule has 0 bridgehead atoms. The zero-order valence-electron chi connectivity index (χ0n) is 22.9. The van der Waals surface area contributed by atoms with Crippen LogP contribution in [0.1, 0.15) is 59.6 Å². The number of rotatable bonds is 4. The van der Waals surface area contributed by atoms with Crippen LogP contribution in [-0.2, 0) is 31.6 Å². The largest absolute Gasteiger partial charge is 0.495 e. The third-order valence-electron chi connectivity index (χ3n) is 7.77. The summed E-state index contributed by atoms with van der Waals surface area (Å²) < 4.78 is 49.9. The van der Waals surface area contributed by atoms with E-state index in [4.69, 9.17) is 23.4 Å². The first-order valence-electron chi connectivity index (χ1n) is 12.3. The van der Waals surface area contributed by atoms with Gasteiger partial charge in [0.05, 0.1) is 24.4 Å². The zero-order chi connectivity index (χ0) is 27.1. The first kappa shape index (κ1) is 29.0. The Bertz CT molecular complexity index is 1070. The summed E-state index contributed by atoms with van der Waals surface area (Å²) in [5, 5.41) is 9.23. The minimum atomic E-state index is -1.93. The van der Waals surface area contributed by atoms with Crippen LogP contribution in [0.5, 0.6) is 0 Å². The van der Waals surface area contributed by atoms with Crippen LogP contribution in [0.4, 0.5) is 8.78 Å². The first-order chi connectivity index (χ1) is 16.4. The lowest BCUT2D eigenvalue weighted by atomic mass is 9.76. The third kappa shape index (κ3) is 6.29. The number of fused-ring (bicyclic) bond motifs is 1. The van der Waals surface area contributed by atoms with Crippen molar-refractivity contribution >= 4 is 33.5 Å². The zero-order valence-corrected chi connectivity index (χ0v) is 23.9. The molecular formula is C26H38B2F2O5Si. The molecule has 0 spiro atoms. The summed E-state index contributed by atoms with van der Waals surface area (Å²) in [5.74, 6) is -0.560. The highest BCUT2D eigenvalue weighted by molar-refractivity contribution is 6.74. The van der Waals surface area contributed by atoms with Gasteiger partial charge in [-0.2, -0.15) is 0 Å². The molecule has 0 aromatic heterocycles. The second kappa shape index (κ2) is 10.3. The Hall–Kier alpha value is -1.55. The highest BCUT2D eigenvalue weighted by Crippen LogP contribution is 2.38. The van der Waals surface area contributed by atoms with Crippen molar-refractivity contribution in [3.05, 3.63) is 59.2 Å². The lowest BCUT2D eigenvalue weighted by Crippen LogP contribution is -2.42. The molecule has 0 radical (unpaired) electrons. The van der Waals surface area contributed by atoms with Crippen LogP contribution in [0.15, 0.2) is 36.4 Å². The molecule has 36 heavy (non-hydrogen) atoms. The van der Waals surface area contributed by atoms with E-state index in [2.05, 4.69) is 33.9 Å². The summed E-state index contributed by atoms with van der Waals surface area (Å²) in [7, 11) is -3.31. The molecule has 2 aliphatic heterocycles. The molecule has 2 heterocycles. The molecule has 10 heteroatoms. The van der Waals surface area contributed by atoms with Crippen molar-refractivity contribution in [3.63, 3.8) is 0 Å². The minimum absolute atomic E-state index is 0.102. The van der Waals surface area contributed by atoms with E-state index in [1.165, 1.54) is 24.3 Å². The fourth-order valence-corrected chi connectivity index (χ4v) is 4.52. The Morgan fingerprint density at radius 1 is 0.944 bits per heavy atom. The van der Waals surface area contributed by atoms with Crippen molar-refractivity contribution in [2.24, 2.45) is 0 Å².